The summed E-state index contributed by atoms with van der Waals surface area (Å²) in [5.41, 5.74) is -1.24. The van der Waals surface area contributed by atoms with Crippen LogP contribution in [-0.4, -0.2) is 139 Å². The lowest BCUT2D eigenvalue weighted by molar-refractivity contribution is -0.127. The van der Waals surface area contributed by atoms with Gasteiger partial charge in [-0.15, -0.1) is 19.3 Å². The van der Waals surface area contributed by atoms with Gasteiger partial charge in [0.1, 0.15) is 25.6 Å². The highest BCUT2D eigenvalue weighted by atomic mass is 32.5. The summed E-state index contributed by atoms with van der Waals surface area (Å²) in [7, 11) is 0. The third kappa shape index (κ3) is 32.7. The van der Waals surface area contributed by atoms with Crippen molar-refractivity contribution in [1.29, 1.82) is 0 Å². The molecule has 17 heteroatoms. The Morgan fingerprint density at radius 2 is 1.05 bits per heavy atom. The summed E-state index contributed by atoms with van der Waals surface area (Å²) < 4.78 is 37.5. The second-order valence-electron chi connectivity index (χ2n) is 13.2. The molecule has 0 aliphatic heterocycles. The predicted octanol–water partition coefficient (Wildman–Crippen LogP) is 2.66. The topological polar surface area (TPSA) is 189 Å². The number of rotatable bonds is 39. The van der Waals surface area contributed by atoms with E-state index in [0.29, 0.717) is 65.5 Å². The van der Waals surface area contributed by atoms with Crippen molar-refractivity contribution in [3.63, 3.8) is 0 Å². The van der Waals surface area contributed by atoms with E-state index in [0.717, 1.165) is 0 Å². The number of ether oxygens (including phenoxy) is 6. The molecule has 0 aliphatic carbocycles. The van der Waals surface area contributed by atoms with Crippen LogP contribution >= 0.6 is 6.49 Å². The average molecular weight is 844 g/mol. The van der Waals surface area contributed by atoms with Crippen molar-refractivity contribution in [2.45, 2.75) is 95.7 Å². The average Bonchev–Trinajstić information content (AvgIpc) is 3.18. The van der Waals surface area contributed by atoms with Crippen molar-refractivity contribution in [3.05, 3.63) is 0 Å². The Kier molecular flexibility index (Phi) is 34.3. The van der Waals surface area contributed by atoms with Crippen molar-refractivity contribution >= 4 is 41.8 Å². The molecule has 0 saturated heterocycles. The minimum Gasteiger partial charge on any atom is -0.379 e. The Balaban J connectivity index is 5.62. The molecule has 4 N–H and O–H groups in total. The SMILES string of the molecule is C#CCOCCOCCCC(=O)CCC(CCC(=O)NCCOCCOCC#C)(CCC(=O)NCCOCCOCC#C)NC(=O)CCCCOP(O)(=S)C(C)C. The Morgan fingerprint density at radius 1 is 0.596 bits per heavy atom. The molecular weight excluding hydrogens is 777 g/mol. The van der Waals surface area contributed by atoms with E-state index < -0.39 is 12.0 Å². The number of terminal acetylenes is 3. The maximum absolute atomic E-state index is 13.5. The molecule has 0 radical (unpaired) electrons. The summed E-state index contributed by atoms with van der Waals surface area (Å²) in [5.74, 6) is 6.25. The van der Waals surface area contributed by atoms with Gasteiger partial charge in [-0.1, -0.05) is 31.6 Å². The number of nitrogens with one attached hydrogen (secondary N) is 3. The first kappa shape index (κ1) is 54.1. The lowest BCUT2D eigenvalue weighted by Gasteiger charge is -2.35. The van der Waals surface area contributed by atoms with Crippen LogP contribution in [0.3, 0.4) is 0 Å². The minimum atomic E-state index is -2.91. The van der Waals surface area contributed by atoms with E-state index in [4.69, 9.17) is 64.0 Å². The van der Waals surface area contributed by atoms with Crippen LogP contribution in [0.1, 0.15) is 84.5 Å². The fourth-order valence-electron chi connectivity index (χ4n) is 4.99. The van der Waals surface area contributed by atoms with E-state index >= 15 is 0 Å². The third-order valence-electron chi connectivity index (χ3n) is 8.23. The quantitative estimate of drug-likeness (QED) is 0.0402. The van der Waals surface area contributed by atoms with E-state index in [1.54, 1.807) is 13.8 Å². The summed E-state index contributed by atoms with van der Waals surface area (Å²) in [6, 6.07) is 0. The monoisotopic (exact) mass is 843 g/mol. The first-order valence-electron chi connectivity index (χ1n) is 19.5. The van der Waals surface area contributed by atoms with Crippen molar-refractivity contribution in [3.8, 4) is 37.0 Å². The van der Waals surface area contributed by atoms with Gasteiger partial charge in [0, 0.05) is 63.0 Å². The largest absolute Gasteiger partial charge is 0.379 e. The first-order valence-corrected chi connectivity index (χ1v) is 22.3. The Labute approximate surface area is 345 Å². The van der Waals surface area contributed by atoms with Gasteiger partial charge in [-0.25, -0.2) is 0 Å². The maximum Gasteiger partial charge on any atom is 0.220 e. The standard InChI is InChI=1S/C40H66N3O12PS/c1-6-22-49-29-32-52-25-11-12-36(44)14-17-40(18-15-37(45)41-20-27-53-33-30-50-23-7-2,19-16-38(46)42-21-28-54-34-31-51-24-8-3)43-39(47)13-9-10-26-55-56(48,57)35(4)5/h1-3,35H,9-34H2,4-5H3,(H,41,45)(H,42,46)(H,43,47)(H,48,57). The van der Waals surface area contributed by atoms with E-state index in [-0.39, 0.29) is 133 Å². The zero-order chi connectivity index (χ0) is 42.5. The van der Waals surface area contributed by atoms with E-state index in [9.17, 15) is 24.1 Å². The van der Waals surface area contributed by atoms with Gasteiger partial charge in [0.05, 0.1) is 59.5 Å². The molecule has 0 fully saturated rings. The Bertz CT molecular complexity index is 1190. The van der Waals surface area contributed by atoms with Crippen LogP contribution in [0.15, 0.2) is 0 Å². The summed E-state index contributed by atoms with van der Waals surface area (Å²) in [5, 5.41) is 8.75. The van der Waals surface area contributed by atoms with Gasteiger partial charge in [-0.2, -0.15) is 0 Å². The van der Waals surface area contributed by atoms with Gasteiger partial charge < -0.3 is 53.8 Å². The lowest BCUT2D eigenvalue weighted by Crippen LogP contribution is -2.50. The summed E-state index contributed by atoms with van der Waals surface area (Å²) >= 11 is 5.19. The molecule has 1 unspecified atom stereocenters. The fraction of sp³-hybridized carbons (Fsp3) is 0.750. The number of amides is 3. The minimum absolute atomic E-state index is 0.0245. The normalized spacial score (nSPS) is 12.2. The molecule has 15 nitrogen and oxygen atoms in total. The highest BCUT2D eigenvalue weighted by molar-refractivity contribution is 8.09. The third-order valence-corrected chi connectivity index (χ3v) is 11.7. The van der Waals surface area contributed by atoms with Gasteiger partial charge in [0.25, 0.3) is 0 Å². The molecule has 0 heterocycles. The van der Waals surface area contributed by atoms with E-state index in [1.165, 1.54) is 0 Å². The molecule has 0 bridgehead atoms. The summed E-state index contributed by atoms with van der Waals surface area (Å²) in [4.78, 5) is 62.8. The van der Waals surface area contributed by atoms with Gasteiger partial charge in [-0.05, 0) is 50.3 Å². The van der Waals surface area contributed by atoms with Crippen LogP contribution in [0.5, 0.6) is 0 Å². The van der Waals surface area contributed by atoms with Gasteiger partial charge in [-0.3, -0.25) is 19.2 Å². The molecule has 0 rings (SSSR count). The molecule has 0 aliphatic rings. The molecule has 0 aromatic heterocycles. The number of ketones is 1. The molecule has 0 saturated carbocycles. The number of carbonyl (C=O) groups excluding carboxylic acids is 4. The lowest BCUT2D eigenvalue weighted by atomic mass is 9.82. The van der Waals surface area contributed by atoms with Crippen molar-refractivity contribution in [2.24, 2.45) is 0 Å². The van der Waals surface area contributed by atoms with Crippen LogP contribution in [0, 0.1) is 37.0 Å². The molecule has 1 atom stereocenters. The van der Waals surface area contributed by atoms with Gasteiger partial charge >= 0.3 is 0 Å². The molecule has 0 aromatic carbocycles. The van der Waals surface area contributed by atoms with E-state index in [2.05, 4.69) is 33.7 Å². The fourth-order valence-corrected chi connectivity index (χ4v) is 5.90. The van der Waals surface area contributed by atoms with Crippen LogP contribution < -0.4 is 16.0 Å². The molecule has 57 heavy (non-hydrogen) atoms. The van der Waals surface area contributed by atoms with Crippen LogP contribution in [0.25, 0.3) is 0 Å². The Morgan fingerprint density at radius 3 is 1.53 bits per heavy atom. The van der Waals surface area contributed by atoms with E-state index in [1.807, 2.05) is 0 Å². The highest BCUT2D eigenvalue weighted by Gasteiger charge is 2.33. The molecular formula is C40H66N3O12PS. The zero-order valence-corrected chi connectivity index (χ0v) is 35.7. The van der Waals surface area contributed by atoms with Gasteiger partial charge in [0.15, 0.2) is 6.49 Å². The number of unbranched alkanes of at least 4 members (excludes halogenated alkanes) is 1. The number of hydrogen-bond acceptors (Lipinski definition) is 12. The first-order chi connectivity index (χ1) is 27.4. The molecule has 0 spiro atoms. The molecule has 324 valence electrons. The van der Waals surface area contributed by atoms with Crippen molar-refractivity contribution in [1.82, 2.24) is 16.0 Å². The van der Waals surface area contributed by atoms with Crippen molar-refractivity contribution in [2.75, 3.05) is 99.0 Å². The Hall–Kier alpha value is -2.91. The number of Topliss-reactive ketones (excluding diaryl/α,β-unsaturated/α-hetero) is 1. The maximum atomic E-state index is 13.5. The number of carbonyl (C=O) groups is 4. The van der Waals surface area contributed by atoms with Crippen LogP contribution in [0.2, 0.25) is 0 Å². The zero-order valence-electron chi connectivity index (χ0n) is 34.0. The summed E-state index contributed by atoms with van der Waals surface area (Å²) in [6.07, 6.45) is 18.0. The van der Waals surface area contributed by atoms with Gasteiger partial charge in [0.2, 0.25) is 17.7 Å². The summed E-state index contributed by atoms with van der Waals surface area (Å²) in [6.45, 7) is 4.90. The second-order valence-corrected chi connectivity index (χ2v) is 17.2. The van der Waals surface area contributed by atoms with Crippen molar-refractivity contribution < 1.29 is 57.0 Å². The smallest absolute Gasteiger partial charge is 0.220 e. The number of hydrogen-bond donors (Lipinski definition) is 4. The van der Waals surface area contributed by atoms with Crippen LogP contribution in [0.4, 0.5) is 0 Å². The molecule has 3 amide bonds. The van der Waals surface area contributed by atoms with Crippen LogP contribution in [-0.2, 0) is 63.9 Å². The predicted molar refractivity (Wildman–Crippen MR) is 222 cm³/mol. The highest BCUT2D eigenvalue weighted by Crippen LogP contribution is 2.47. The molecule has 0 aromatic rings. The second kappa shape index (κ2) is 36.2.